The Labute approximate surface area is 98.6 Å². The van der Waals surface area contributed by atoms with Gasteiger partial charge in [0.2, 0.25) is 0 Å². The number of nitrogens with zero attached hydrogens (tertiary/aromatic N) is 2. The number of benzene rings is 1. The van der Waals surface area contributed by atoms with Crippen LogP contribution in [-0.2, 0) is 6.54 Å². The van der Waals surface area contributed by atoms with Gasteiger partial charge >= 0.3 is 0 Å². The molecule has 1 heterocycles. The second-order valence-electron chi connectivity index (χ2n) is 3.64. The number of rotatable bonds is 3. The summed E-state index contributed by atoms with van der Waals surface area (Å²) in [6.07, 6.45) is 0. The van der Waals surface area contributed by atoms with Crippen LogP contribution < -0.4 is 5.73 Å². The molecule has 0 bridgehead atoms. The van der Waals surface area contributed by atoms with Crippen molar-refractivity contribution in [3.05, 3.63) is 29.0 Å². The van der Waals surface area contributed by atoms with E-state index in [0.717, 1.165) is 17.6 Å². The summed E-state index contributed by atoms with van der Waals surface area (Å²) in [5.41, 5.74) is 7.61. The van der Waals surface area contributed by atoms with Gasteiger partial charge in [-0.2, -0.15) is 0 Å². The van der Waals surface area contributed by atoms with Crippen LogP contribution in [0.2, 0.25) is 5.02 Å². The number of fused-ring (bicyclic) bond motifs is 1. The lowest BCUT2D eigenvalue weighted by molar-refractivity contribution is 0.261. The number of halogens is 1. The van der Waals surface area contributed by atoms with Gasteiger partial charge in [-0.1, -0.05) is 11.6 Å². The minimum atomic E-state index is -0.453. The molecule has 0 spiro atoms. The summed E-state index contributed by atoms with van der Waals surface area (Å²) in [6.45, 7) is 2.65. The van der Waals surface area contributed by atoms with Gasteiger partial charge in [-0.3, -0.25) is 0 Å². The van der Waals surface area contributed by atoms with Crippen molar-refractivity contribution in [1.29, 1.82) is 0 Å². The molecule has 3 N–H and O–H groups in total. The third kappa shape index (κ3) is 1.80. The van der Waals surface area contributed by atoms with E-state index in [4.69, 9.17) is 22.4 Å². The number of hydrogen-bond acceptors (Lipinski definition) is 3. The SMILES string of the molecule is CCn1c(C(N)CO)nc2ccc(Cl)cc21. The largest absolute Gasteiger partial charge is 0.394 e. The minimum absolute atomic E-state index is 0.114. The van der Waals surface area contributed by atoms with Crippen molar-refractivity contribution in [2.45, 2.75) is 19.5 Å². The topological polar surface area (TPSA) is 64.1 Å². The van der Waals surface area contributed by atoms with Crippen LogP contribution in [0.15, 0.2) is 18.2 Å². The van der Waals surface area contributed by atoms with Crippen molar-refractivity contribution >= 4 is 22.6 Å². The molecule has 1 atom stereocenters. The van der Waals surface area contributed by atoms with Crippen LogP contribution >= 0.6 is 11.6 Å². The van der Waals surface area contributed by atoms with Gasteiger partial charge in [-0.05, 0) is 25.1 Å². The molecule has 1 aromatic carbocycles. The van der Waals surface area contributed by atoms with Crippen molar-refractivity contribution in [3.63, 3.8) is 0 Å². The first kappa shape index (κ1) is 11.4. The summed E-state index contributed by atoms with van der Waals surface area (Å²) in [5.74, 6) is 0.697. The van der Waals surface area contributed by atoms with Gasteiger partial charge in [0.15, 0.2) is 0 Å². The molecule has 16 heavy (non-hydrogen) atoms. The smallest absolute Gasteiger partial charge is 0.129 e. The normalized spacial score (nSPS) is 13.2. The zero-order chi connectivity index (χ0) is 11.7. The van der Waals surface area contributed by atoms with Crippen molar-refractivity contribution < 1.29 is 5.11 Å². The first-order chi connectivity index (χ1) is 7.67. The van der Waals surface area contributed by atoms with Crippen molar-refractivity contribution in [2.24, 2.45) is 5.73 Å². The lowest BCUT2D eigenvalue weighted by atomic mass is 10.3. The number of aryl methyl sites for hydroxylation is 1. The lowest BCUT2D eigenvalue weighted by Crippen LogP contribution is -2.19. The Kier molecular flexibility index (Phi) is 3.14. The first-order valence-electron chi connectivity index (χ1n) is 5.19. The number of hydrogen-bond donors (Lipinski definition) is 2. The molecular formula is C11H14ClN3O. The van der Waals surface area contributed by atoms with E-state index in [1.807, 2.05) is 23.6 Å². The fraction of sp³-hybridized carbons (Fsp3) is 0.364. The molecule has 0 saturated carbocycles. The fourth-order valence-electron chi connectivity index (χ4n) is 1.81. The Morgan fingerprint density at radius 2 is 2.31 bits per heavy atom. The molecular weight excluding hydrogens is 226 g/mol. The van der Waals surface area contributed by atoms with E-state index < -0.39 is 6.04 Å². The van der Waals surface area contributed by atoms with Crippen LogP contribution in [0.1, 0.15) is 18.8 Å². The highest BCUT2D eigenvalue weighted by Gasteiger charge is 2.15. The molecule has 2 rings (SSSR count). The quantitative estimate of drug-likeness (QED) is 0.857. The van der Waals surface area contributed by atoms with Gasteiger partial charge in [0, 0.05) is 11.6 Å². The van der Waals surface area contributed by atoms with Gasteiger partial charge in [-0.15, -0.1) is 0 Å². The number of aliphatic hydroxyl groups is 1. The van der Waals surface area contributed by atoms with Crippen LogP contribution in [0, 0.1) is 0 Å². The van der Waals surface area contributed by atoms with E-state index in [2.05, 4.69) is 4.98 Å². The van der Waals surface area contributed by atoms with Gasteiger partial charge in [-0.25, -0.2) is 4.98 Å². The van der Waals surface area contributed by atoms with E-state index in [1.165, 1.54) is 0 Å². The molecule has 1 aromatic heterocycles. The highest BCUT2D eigenvalue weighted by molar-refractivity contribution is 6.31. The molecule has 86 valence electrons. The fourth-order valence-corrected chi connectivity index (χ4v) is 1.98. The maximum atomic E-state index is 9.08. The van der Waals surface area contributed by atoms with Crippen molar-refractivity contribution in [1.82, 2.24) is 9.55 Å². The Morgan fingerprint density at radius 1 is 1.56 bits per heavy atom. The molecule has 2 aromatic rings. The monoisotopic (exact) mass is 239 g/mol. The van der Waals surface area contributed by atoms with Crippen LogP contribution in [0.4, 0.5) is 0 Å². The number of aliphatic hydroxyl groups excluding tert-OH is 1. The maximum Gasteiger partial charge on any atom is 0.129 e. The lowest BCUT2D eigenvalue weighted by Gasteiger charge is -2.10. The molecule has 0 aliphatic heterocycles. The Bertz CT molecular complexity index is 509. The minimum Gasteiger partial charge on any atom is -0.394 e. The van der Waals surface area contributed by atoms with Crippen LogP contribution in [0.3, 0.4) is 0 Å². The molecule has 0 aliphatic rings. The Balaban J connectivity index is 2.66. The highest BCUT2D eigenvalue weighted by atomic mass is 35.5. The summed E-state index contributed by atoms with van der Waals surface area (Å²) in [7, 11) is 0. The van der Waals surface area contributed by atoms with Crippen molar-refractivity contribution in [3.8, 4) is 0 Å². The van der Waals surface area contributed by atoms with E-state index in [0.29, 0.717) is 10.8 Å². The second-order valence-corrected chi connectivity index (χ2v) is 4.07. The van der Waals surface area contributed by atoms with E-state index in [1.54, 1.807) is 6.07 Å². The molecule has 0 amide bonds. The molecule has 0 fully saturated rings. The van der Waals surface area contributed by atoms with E-state index in [-0.39, 0.29) is 6.61 Å². The van der Waals surface area contributed by atoms with Gasteiger partial charge < -0.3 is 15.4 Å². The third-order valence-corrected chi connectivity index (χ3v) is 2.82. The predicted octanol–water partition coefficient (Wildman–Crippen LogP) is 1.70. The Morgan fingerprint density at radius 3 is 2.94 bits per heavy atom. The molecule has 0 aliphatic carbocycles. The average molecular weight is 240 g/mol. The second kappa shape index (κ2) is 4.41. The number of nitrogens with two attached hydrogens (primary N) is 1. The average Bonchev–Trinajstić information content (AvgIpc) is 2.65. The van der Waals surface area contributed by atoms with Crippen LogP contribution in [0.25, 0.3) is 11.0 Å². The maximum absolute atomic E-state index is 9.08. The number of aromatic nitrogens is 2. The first-order valence-corrected chi connectivity index (χ1v) is 5.57. The predicted molar refractivity (Wildman–Crippen MR) is 64.4 cm³/mol. The van der Waals surface area contributed by atoms with E-state index in [9.17, 15) is 0 Å². The zero-order valence-corrected chi connectivity index (χ0v) is 9.78. The molecule has 0 saturated heterocycles. The summed E-state index contributed by atoms with van der Waals surface area (Å²) >= 11 is 5.95. The standard InChI is InChI=1S/C11H14ClN3O/c1-2-15-10-5-7(12)3-4-9(10)14-11(15)8(13)6-16/h3-5,8,16H,2,6,13H2,1H3. The van der Waals surface area contributed by atoms with Gasteiger partial charge in [0.05, 0.1) is 23.7 Å². The number of imidazole rings is 1. The molecule has 0 radical (unpaired) electrons. The van der Waals surface area contributed by atoms with Crippen LogP contribution in [-0.4, -0.2) is 21.3 Å². The molecule has 1 unspecified atom stereocenters. The Hall–Kier alpha value is -1.10. The summed E-state index contributed by atoms with van der Waals surface area (Å²) in [4.78, 5) is 4.41. The molecule has 5 heteroatoms. The van der Waals surface area contributed by atoms with Crippen molar-refractivity contribution in [2.75, 3.05) is 6.61 Å². The summed E-state index contributed by atoms with van der Waals surface area (Å²) in [5, 5.41) is 9.76. The van der Waals surface area contributed by atoms with Crippen LogP contribution in [0.5, 0.6) is 0 Å². The van der Waals surface area contributed by atoms with Gasteiger partial charge in [0.1, 0.15) is 5.82 Å². The zero-order valence-electron chi connectivity index (χ0n) is 9.02. The van der Waals surface area contributed by atoms with E-state index >= 15 is 0 Å². The van der Waals surface area contributed by atoms with Gasteiger partial charge in [0.25, 0.3) is 0 Å². The summed E-state index contributed by atoms with van der Waals surface area (Å²) < 4.78 is 1.97. The third-order valence-electron chi connectivity index (χ3n) is 2.58. The molecule has 4 nitrogen and oxygen atoms in total. The highest BCUT2D eigenvalue weighted by Crippen LogP contribution is 2.22. The summed E-state index contributed by atoms with van der Waals surface area (Å²) in [6, 6.07) is 5.06.